The molecule has 0 atom stereocenters. The van der Waals surface area contributed by atoms with Crippen LogP contribution >= 0.6 is 11.6 Å². The zero-order chi connectivity index (χ0) is 14.3. The van der Waals surface area contributed by atoms with E-state index in [1.807, 2.05) is 0 Å². The van der Waals surface area contributed by atoms with Crippen LogP contribution < -0.4 is 4.74 Å². The van der Waals surface area contributed by atoms with Crippen molar-refractivity contribution in [2.45, 2.75) is 19.7 Å². The molecule has 0 spiro atoms. The lowest BCUT2D eigenvalue weighted by atomic mass is 10.2. The lowest BCUT2D eigenvalue weighted by Gasteiger charge is -2.11. The Kier molecular flexibility index (Phi) is 6.59. The van der Waals surface area contributed by atoms with E-state index in [2.05, 4.69) is 13.8 Å². The molecule has 0 N–H and O–H groups in total. The van der Waals surface area contributed by atoms with Gasteiger partial charge in [-0.1, -0.05) is 13.8 Å². The van der Waals surface area contributed by atoms with Gasteiger partial charge in [-0.2, -0.15) is 0 Å². The van der Waals surface area contributed by atoms with Crippen LogP contribution in [0.5, 0.6) is 5.75 Å². The molecule has 0 aliphatic rings. The van der Waals surface area contributed by atoms with Crippen LogP contribution in [-0.2, 0) is 10.6 Å². The highest BCUT2D eigenvalue weighted by Gasteiger charge is 2.11. The van der Waals surface area contributed by atoms with Crippen LogP contribution in [0.2, 0.25) is 0 Å². The molecule has 0 saturated carbocycles. The summed E-state index contributed by atoms with van der Waals surface area (Å²) in [6.45, 7) is 5.71. The van der Waals surface area contributed by atoms with Gasteiger partial charge >= 0.3 is 0 Å². The van der Waals surface area contributed by atoms with Crippen molar-refractivity contribution in [1.82, 2.24) is 0 Å². The fraction of sp³-hybridized carbons (Fsp3) is 0.538. The van der Waals surface area contributed by atoms with Crippen LogP contribution in [0.4, 0.5) is 5.69 Å². The first kappa shape index (κ1) is 15.7. The zero-order valence-corrected chi connectivity index (χ0v) is 11.9. The van der Waals surface area contributed by atoms with E-state index in [1.54, 1.807) is 6.07 Å². The highest BCUT2D eigenvalue weighted by molar-refractivity contribution is 6.17. The molecule has 0 fully saturated rings. The highest BCUT2D eigenvalue weighted by Crippen LogP contribution is 2.25. The average Bonchev–Trinajstić information content (AvgIpc) is 2.37. The summed E-state index contributed by atoms with van der Waals surface area (Å²) < 4.78 is 10.9. The third kappa shape index (κ3) is 5.44. The van der Waals surface area contributed by atoms with E-state index in [4.69, 9.17) is 21.1 Å². The topological polar surface area (TPSA) is 61.6 Å². The number of hydrogen-bond acceptors (Lipinski definition) is 4. The largest absolute Gasteiger partial charge is 0.491 e. The monoisotopic (exact) mass is 287 g/mol. The lowest BCUT2D eigenvalue weighted by Crippen LogP contribution is -2.10. The maximum atomic E-state index is 10.6. The maximum Gasteiger partial charge on any atom is 0.270 e. The van der Waals surface area contributed by atoms with Crippen molar-refractivity contribution in [3.8, 4) is 5.75 Å². The molecular formula is C13H18ClNO4. The van der Waals surface area contributed by atoms with E-state index in [1.165, 1.54) is 12.1 Å². The molecule has 106 valence electrons. The van der Waals surface area contributed by atoms with Gasteiger partial charge in [0.25, 0.3) is 5.69 Å². The van der Waals surface area contributed by atoms with Crippen LogP contribution in [0.25, 0.3) is 0 Å². The molecule has 19 heavy (non-hydrogen) atoms. The fourth-order valence-electron chi connectivity index (χ4n) is 1.45. The number of non-ortho nitro benzene ring substituents is 1. The predicted molar refractivity (Wildman–Crippen MR) is 73.8 cm³/mol. The average molecular weight is 288 g/mol. The summed E-state index contributed by atoms with van der Waals surface area (Å²) >= 11 is 5.76. The van der Waals surface area contributed by atoms with Crippen molar-refractivity contribution in [2.75, 3.05) is 19.8 Å². The number of nitro groups is 1. The molecule has 0 saturated heterocycles. The molecule has 0 aromatic heterocycles. The number of alkyl halides is 1. The van der Waals surface area contributed by atoms with Crippen LogP contribution in [-0.4, -0.2) is 24.7 Å². The normalized spacial score (nSPS) is 10.7. The molecule has 1 aromatic rings. The number of rotatable bonds is 8. The van der Waals surface area contributed by atoms with E-state index in [9.17, 15) is 10.1 Å². The van der Waals surface area contributed by atoms with Crippen molar-refractivity contribution < 1.29 is 14.4 Å². The van der Waals surface area contributed by atoms with Crippen LogP contribution in [0, 0.1) is 16.0 Å². The van der Waals surface area contributed by atoms with Crippen molar-refractivity contribution in [1.29, 1.82) is 0 Å². The second kappa shape index (κ2) is 7.96. The van der Waals surface area contributed by atoms with Crippen molar-refractivity contribution in [3.63, 3.8) is 0 Å². The minimum Gasteiger partial charge on any atom is -0.491 e. The Morgan fingerprint density at radius 3 is 2.68 bits per heavy atom. The predicted octanol–water partition coefficient (Wildman–Crippen LogP) is 3.39. The van der Waals surface area contributed by atoms with Gasteiger partial charge in [0.2, 0.25) is 0 Å². The van der Waals surface area contributed by atoms with Gasteiger partial charge in [0.15, 0.2) is 0 Å². The van der Waals surface area contributed by atoms with Gasteiger partial charge in [-0.05, 0) is 12.0 Å². The maximum absolute atomic E-state index is 10.6. The van der Waals surface area contributed by atoms with Gasteiger partial charge in [0.05, 0.1) is 17.4 Å². The van der Waals surface area contributed by atoms with Gasteiger partial charge in [-0.3, -0.25) is 10.1 Å². The quantitative estimate of drug-likeness (QED) is 0.318. The van der Waals surface area contributed by atoms with Crippen molar-refractivity contribution in [2.24, 2.45) is 5.92 Å². The Balaban J connectivity index is 2.51. The molecule has 1 rings (SSSR count). The zero-order valence-electron chi connectivity index (χ0n) is 11.1. The second-order valence-corrected chi connectivity index (χ2v) is 4.77. The summed E-state index contributed by atoms with van der Waals surface area (Å²) in [7, 11) is 0. The summed E-state index contributed by atoms with van der Waals surface area (Å²) in [5.74, 6) is 1.22. The van der Waals surface area contributed by atoms with E-state index in [0.717, 1.165) is 0 Å². The molecule has 0 aliphatic carbocycles. The van der Waals surface area contributed by atoms with Crippen LogP contribution in [0.3, 0.4) is 0 Å². The summed E-state index contributed by atoms with van der Waals surface area (Å²) in [6.07, 6.45) is 0. The Hall–Kier alpha value is -1.33. The van der Waals surface area contributed by atoms with Gasteiger partial charge in [-0.15, -0.1) is 11.6 Å². The highest BCUT2D eigenvalue weighted by atomic mass is 35.5. The molecule has 0 bridgehead atoms. The molecule has 0 unspecified atom stereocenters. The summed E-state index contributed by atoms with van der Waals surface area (Å²) in [5.41, 5.74) is 0.624. The minimum atomic E-state index is -0.453. The summed E-state index contributed by atoms with van der Waals surface area (Å²) in [6, 6.07) is 4.40. The summed E-state index contributed by atoms with van der Waals surface area (Å²) in [4.78, 5) is 10.2. The SMILES string of the molecule is CC(C)COCCOc1ccc([N+](=O)[O-])cc1CCl. The molecule has 1 aromatic carbocycles. The number of benzene rings is 1. The molecule has 0 heterocycles. The molecular weight excluding hydrogens is 270 g/mol. The molecule has 0 radical (unpaired) electrons. The van der Waals surface area contributed by atoms with E-state index in [0.29, 0.717) is 37.1 Å². The Labute approximate surface area is 117 Å². The Morgan fingerprint density at radius 2 is 2.11 bits per heavy atom. The third-order valence-corrected chi connectivity index (χ3v) is 2.62. The first-order valence-corrected chi connectivity index (χ1v) is 6.62. The first-order valence-electron chi connectivity index (χ1n) is 6.08. The first-order chi connectivity index (χ1) is 9.04. The van der Waals surface area contributed by atoms with Gasteiger partial charge in [0.1, 0.15) is 12.4 Å². The van der Waals surface area contributed by atoms with E-state index in [-0.39, 0.29) is 11.6 Å². The number of halogens is 1. The second-order valence-electron chi connectivity index (χ2n) is 4.50. The van der Waals surface area contributed by atoms with Crippen molar-refractivity contribution in [3.05, 3.63) is 33.9 Å². The molecule has 6 heteroatoms. The molecule has 0 amide bonds. The number of nitro benzene ring substituents is 1. The number of nitrogens with zero attached hydrogens (tertiary/aromatic N) is 1. The summed E-state index contributed by atoms with van der Waals surface area (Å²) in [5, 5.41) is 10.6. The number of hydrogen-bond donors (Lipinski definition) is 0. The molecule has 5 nitrogen and oxygen atoms in total. The van der Waals surface area contributed by atoms with Crippen LogP contribution in [0.1, 0.15) is 19.4 Å². The Bertz CT molecular complexity index is 423. The van der Waals surface area contributed by atoms with Gasteiger partial charge in [0, 0.05) is 24.3 Å². The standard InChI is InChI=1S/C13H18ClNO4/c1-10(2)9-18-5-6-19-13-4-3-12(15(16)17)7-11(13)8-14/h3-4,7,10H,5-6,8-9H2,1-2H3. The van der Waals surface area contributed by atoms with Gasteiger partial charge in [-0.25, -0.2) is 0 Å². The van der Waals surface area contributed by atoms with Crippen molar-refractivity contribution >= 4 is 17.3 Å². The fourth-order valence-corrected chi connectivity index (χ4v) is 1.66. The minimum absolute atomic E-state index is 0.0130. The van der Waals surface area contributed by atoms with Gasteiger partial charge < -0.3 is 9.47 Å². The van der Waals surface area contributed by atoms with E-state index >= 15 is 0 Å². The molecule has 0 aliphatic heterocycles. The lowest BCUT2D eigenvalue weighted by molar-refractivity contribution is -0.384. The van der Waals surface area contributed by atoms with Crippen LogP contribution in [0.15, 0.2) is 18.2 Å². The smallest absolute Gasteiger partial charge is 0.270 e. The Morgan fingerprint density at radius 1 is 1.37 bits per heavy atom. The third-order valence-electron chi connectivity index (χ3n) is 2.34. The number of ether oxygens (including phenoxy) is 2. The van der Waals surface area contributed by atoms with E-state index < -0.39 is 4.92 Å².